The fourth-order valence-electron chi connectivity index (χ4n) is 2.84. The summed E-state index contributed by atoms with van der Waals surface area (Å²) in [5.41, 5.74) is 0. The maximum absolute atomic E-state index is 12.4. The van der Waals surface area contributed by atoms with Gasteiger partial charge in [0.15, 0.2) is 0 Å². The molecule has 6 heteroatoms. The molecule has 1 fully saturated rings. The van der Waals surface area contributed by atoms with Crippen LogP contribution >= 0.6 is 0 Å². The van der Waals surface area contributed by atoms with Crippen LogP contribution in [0.3, 0.4) is 0 Å². The predicted molar refractivity (Wildman–Crippen MR) is 91.2 cm³/mol. The van der Waals surface area contributed by atoms with Gasteiger partial charge < -0.3 is 10.0 Å². The summed E-state index contributed by atoms with van der Waals surface area (Å²) >= 11 is 0. The number of rotatable bonds is 12. The highest BCUT2D eigenvalue weighted by Crippen LogP contribution is 2.16. The quantitative estimate of drug-likeness (QED) is 0.557. The molecule has 1 aliphatic heterocycles. The van der Waals surface area contributed by atoms with Gasteiger partial charge in [-0.1, -0.05) is 33.1 Å². The van der Waals surface area contributed by atoms with E-state index in [0.717, 1.165) is 57.6 Å². The van der Waals surface area contributed by atoms with Crippen LogP contribution in [0.4, 0.5) is 0 Å². The van der Waals surface area contributed by atoms with Crippen LogP contribution in [0.25, 0.3) is 0 Å². The molecule has 0 amide bonds. The minimum Gasteiger partial charge on any atom is -0.481 e. The topological polar surface area (TPSA) is 60.9 Å². The van der Waals surface area contributed by atoms with E-state index in [4.69, 9.17) is 5.11 Å². The molecule has 1 saturated heterocycles. The Morgan fingerprint density at radius 2 is 2.00 bits per heavy atom. The van der Waals surface area contributed by atoms with E-state index < -0.39 is 17.0 Å². The Morgan fingerprint density at radius 1 is 1.23 bits per heavy atom. The molecule has 0 saturated carbocycles. The molecule has 5 nitrogen and oxygen atoms in total. The molecule has 0 bridgehead atoms. The Balaban J connectivity index is 2.31. The van der Waals surface area contributed by atoms with Crippen molar-refractivity contribution in [2.75, 3.05) is 38.5 Å². The average Bonchev–Trinajstić information content (AvgIpc) is 2.97. The lowest BCUT2D eigenvalue weighted by Gasteiger charge is -2.24. The molecule has 1 heterocycles. The molecule has 1 N–H and O–H groups in total. The SMILES string of the molecule is CCCCCCS(=O)N(CCC)CCN1CCC(C(=O)O)C1. The van der Waals surface area contributed by atoms with E-state index in [-0.39, 0.29) is 5.92 Å². The van der Waals surface area contributed by atoms with Crippen LogP contribution in [0.1, 0.15) is 52.4 Å². The zero-order chi connectivity index (χ0) is 16.4. The molecule has 2 unspecified atom stereocenters. The van der Waals surface area contributed by atoms with Gasteiger partial charge in [-0.3, -0.25) is 4.79 Å². The molecule has 2 atom stereocenters. The van der Waals surface area contributed by atoms with Crippen LogP contribution < -0.4 is 0 Å². The zero-order valence-corrected chi connectivity index (χ0v) is 14.9. The Labute approximate surface area is 137 Å². The van der Waals surface area contributed by atoms with Crippen molar-refractivity contribution in [1.29, 1.82) is 0 Å². The number of carboxylic acids is 1. The standard InChI is InChI=1S/C16H32N2O3S/c1-3-5-6-7-13-22(21)18(9-4-2)12-11-17-10-8-15(14-17)16(19)20/h15H,3-14H2,1-2H3,(H,19,20). The third-order valence-corrected chi connectivity index (χ3v) is 5.80. The number of aliphatic carboxylic acids is 1. The maximum Gasteiger partial charge on any atom is 0.307 e. The second kappa shape index (κ2) is 11.1. The molecule has 22 heavy (non-hydrogen) atoms. The van der Waals surface area contributed by atoms with Gasteiger partial charge in [-0.25, -0.2) is 8.51 Å². The summed E-state index contributed by atoms with van der Waals surface area (Å²) in [6.07, 6.45) is 6.35. The van der Waals surface area contributed by atoms with Crippen molar-refractivity contribution in [2.24, 2.45) is 5.92 Å². The number of carboxylic acid groups (broad SMARTS) is 1. The summed E-state index contributed by atoms with van der Waals surface area (Å²) in [7, 11) is -0.888. The first-order valence-electron chi connectivity index (χ1n) is 8.67. The molecule has 0 radical (unpaired) electrons. The Kier molecular flexibility index (Phi) is 9.91. The fourth-order valence-corrected chi connectivity index (χ4v) is 4.22. The molecular formula is C16H32N2O3S. The molecule has 1 aliphatic rings. The minimum atomic E-state index is -0.888. The molecule has 0 aliphatic carbocycles. The largest absolute Gasteiger partial charge is 0.481 e. The number of likely N-dealkylation sites (tertiary alicyclic amines) is 1. The van der Waals surface area contributed by atoms with E-state index in [1.807, 2.05) is 0 Å². The zero-order valence-electron chi connectivity index (χ0n) is 14.1. The van der Waals surface area contributed by atoms with Gasteiger partial charge in [0.2, 0.25) is 0 Å². The molecule has 0 aromatic heterocycles. The van der Waals surface area contributed by atoms with Crippen LogP contribution in [0.15, 0.2) is 0 Å². The first-order chi connectivity index (χ1) is 10.6. The predicted octanol–water partition coefficient (Wildman–Crippen LogP) is 2.35. The van der Waals surface area contributed by atoms with Crippen molar-refractivity contribution in [1.82, 2.24) is 9.21 Å². The van der Waals surface area contributed by atoms with Crippen LogP contribution in [0, 0.1) is 5.92 Å². The van der Waals surface area contributed by atoms with Gasteiger partial charge in [-0.2, -0.15) is 0 Å². The smallest absolute Gasteiger partial charge is 0.307 e. The summed E-state index contributed by atoms with van der Waals surface area (Å²) < 4.78 is 14.5. The number of hydrogen-bond donors (Lipinski definition) is 1. The highest BCUT2D eigenvalue weighted by Gasteiger charge is 2.28. The normalized spacial score (nSPS) is 20.6. The lowest BCUT2D eigenvalue weighted by atomic mass is 10.1. The fraction of sp³-hybridized carbons (Fsp3) is 0.938. The van der Waals surface area contributed by atoms with Crippen molar-refractivity contribution < 1.29 is 14.1 Å². The summed E-state index contributed by atoms with van der Waals surface area (Å²) in [5.74, 6) is -0.149. The van der Waals surface area contributed by atoms with E-state index in [0.29, 0.717) is 6.54 Å². The molecule has 130 valence electrons. The Bertz CT molecular complexity index is 352. The van der Waals surface area contributed by atoms with Crippen molar-refractivity contribution in [2.45, 2.75) is 52.4 Å². The number of carbonyl (C=O) groups is 1. The highest BCUT2D eigenvalue weighted by atomic mass is 32.2. The average molecular weight is 333 g/mol. The lowest BCUT2D eigenvalue weighted by molar-refractivity contribution is -0.141. The van der Waals surface area contributed by atoms with Crippen molar-refractivity contribution >= 4 is 17.0 Å². The van der Waals surface area contributed by atoms with Gasteiger partial charge in [0.1, 0.15) is 0 Å². The van der Waals surface area contributed by atoms with Gasteiger partial charge in [-0.15, -0.1) is 0 Å². The second-order valence-electron chi connectivity index (χ2n) is 6.14. The summed E-state index contributed by atoms with van der Waals surface area (Å²) in [5, 5.41) is 9.04. The van der Waals surface area contributed by atoms with Gasteiger partial charge >= 0.3 is 5.97 Å². The van der Waals surface area contributed by atoms with Crippen LogP contribution in [-0.2, 0) is 15.8 Å². The van der Waals surface area contributed by atoms with Crippen LogP contribution in [0.5, 0.6) is 0 Å². The molecule has 0 spiro atoms. The van der Waals surface area contributed by atoms with Crippen LogP contribution in [-0.4, -0.2) is 63.0 Å². The monoisotopic (exact) mass is 332 g/mol. The first-order valence-corrected chi connectivity index (χ1v) is 9.94. The maximum atomic E-state index is 12.4. The molecule has 0 aromatic carbocycles. The summed E-state index contributed by atoms with van der Waals surface area (Å²) in [4.78, 5) is 13.2. The lowest BCUT2D eigenvalue weighted by Crippen LogP contribution is -2.37. The van der Waals surface area contributed by atoms with Gasteiger partial charge in [0.05, 0.1) is 16.9 Å². The number of unbranched alkanes of at least 4 members (excludes halogenated alkanes) is 3. The molecular weight excluding hydrogens is 300 g/mol. The van der Waals surface area contributed by atoms with Crippen molar-refractivity contribution in [3.05, 3.63) is 0 Å². The van der Waals surface area contributed by atoms with Crippen molar-refractivity contribution in [3.63, 3.8) is 0 Å². The Morgan fingerprint density at radius 3 is 2.59 bits per heavy atom. The summed E-state index contributed by atoms with van der Waals surface area (Å²) in [6, 6.07) is 0. The van der Waals surface area contributed by atoms with Gasteiger partial charge in [0, 0.05) is 31.9 Å². The number of hydrogen-bond acceptors (Lipinski definition) is 3. The van der Waals surface area contributed by atoms with E-state index in [2.05, 4.69) is 23.1 Å². The first kappa shape index (κ1) is 19.6. The number of nitrogens with zero attached hydrogens (tertiary/aromatic N) is 2. The second-order valence-corrected chi connectivity index (χ2v) is 7.71. The van der Waals surface area contributed by atoms with E-state index in [1.54, 1.807) is 0 Å². The molecule has 0 aromatic rings. The van der Waals surface area contributed by atoms with Crippen molar-refractivity contribution in [3.8, 4) is 0 Å². The molecule has 1 rings (SSSR count). The van der Waals surface area contributed by atoms with E-state index in [1.165, 1.54) is 12.8 Å². The van der Waals surface area contributed by atoms with Gasteiger partial charge in [-0.05, 0) is 25.8 Å². The third kappa shape index (κ3) is 7.20. The minimum absolute atomic E-state index is 0.223. The summed E-state index contributed by atoms with van der Waals surface area (Å²) in [6.45, 7) is 8.23. The Hall–Kier alpha value is -0.460. The van der Waals surface area contributed by atoms with Gasteiger partial charge in [0.25, 0.3) is 0 Å². The van der Waals surface area contributed by atoms with E-state index >= 15 is 0 Å². The third-order valence-electron chi connectivity index (χ3n) is 4.22. The highest BCUT2D eigenvalue weighted by molar-refractivity contribution is 7.82. The van der Waals surface area contributed by atoms with E-state index in [9.17, 15) is 9.00 Å². The van der Waals surface area contributed by atoms with Crippen LogP contribution in [0.2, 0.25) is 0 Å².